The van der Waals surface area contributed by atoms with E-state index in [0.29, 0.717) is 0 Å². The molecule has 0 aromatic heterocycles. The highest BCUT2D eigenvalue weighted by Gasteiger charge is 2.50. The van der Waals surface area contributed by atoms with Crippen molar-refractivity contribution in [3.63, 3.8) is 0 Å². The van der Waals surface area contributed by atoms with Gasteiger partial charge in [-0.05, 0) is 64.4 Å². The maximum absolute atomic E-state index is 12.6. The van der Waals surface area contributed by atoms with Gasteiger partial charge in [0, 0.05) is 44.8 Å². The van der Waals surface area contributed by atoms with E-state index in [-0.39, 0.29) is 17.5 Å². The molecule has 0 amide bonds. The number of anilines is 1. The summed E-state index contributed by atoms with van der Waals surface area (Å²) >= 11 is 0. The summed E-state index contributed by atoms with van der Waals surface area (Å²) in [5.74, 6) is 0.0860. The van der Waals surface area contributed by atoms with E-state index in [1.807, 2.05) is 0 Å². The number of hydrogen-bond donors (Lipinski definition) is 0. The second-order valence-electron chi connectivity index (χ2n) is 9.31. The lowest BCUT2D eigenvalue weighted by Gasteiger charge is -2.37. The predicted octanol–water partition coefficient (Wildman–Crippen LogP) is 3.31. The first-order valence-corrected chi connectivity index (χ1v) is 11.6. The Labute approximate surface area is 176 Å². The number of piperidine rings is 1. The number of ether oxygens (including phenoxy) is 1. The van der Waals surface area contributed by atoms with Crippen LogP contribution in [0.25, 0.3) is 0 Å². The molecule has 3 saturated heterocycles. The van der Waals surface area contributed by atoms with Gasteiger partial charge in [0.25, 0.3) is 0 Å². The summed E-state index contributed by atoms with van der Waals surface area (Å²) in [5.41, 5.74) is 2.46. The van der Waals surface area contributed by atoms with Gasteiger partial charge in [-0.3, -0.25) is 9.69 Å². The molecular weight excluding hydrogens is 362 g/mol. The highest BCUT2D eigenvalue weighted by atomic mass is 16.6. The van der Waals surface area contributed by atoms with Gasteiger partial charge in [0.2, 0.25) is 0 Å². The molecule has 3 heterocycles. The Morgan fingerprint density at radius 1 is 0.966 bits per heavy atom. The molecule has 0 saturated carbocycles. The van der Waals surface area contributed by atoms with Gasteiger partial charge < -0.3 is 14.5 Å². The SMILES string of the molecule is CCCN1CCC2(CC1)CC(CCN1CCN(c3ccc(C)cc3)CC1)OC2=O. The van der Waals surface area contributed by atoms with Crippen LogP contribution >= 0.6 is 0 Å². The van der Waals surface area contributed by atoms with E-state index in [1.165, 1.54) is 17.7 Å². The van der Waals surface area contributed by atoms with E-state index < -0.39 is 0 Å². The van der Waals surface area contributed by atoms with Gasteiger partial charge in [-0.15, -0.1) is 0 Å². The lowest BCUT2D eigenvalue weighted by molar-refractivity contribution is -0.151. The van der Waals surface area contributed by atoms with Gasteiger partial charge in [-0.25, -0.2) is 0 Å². The van der Waals surface area contributed by atoms with Crippen LogP contribution in [0.15, 0.2) is 24.3 Å². The monoisotopic (exact) mass is 399 g/mol. The molecule has 1 spiro atoms. The Kier molecular flexibility index (Phi) is 6.45. The summed E-state index contributed by atoms with van der Waals surface area (Å²) in [4.78, 5) is 20.2. The number of esters is 1. The fourth-order valence-electron chi connectivity index (χ4n) is 5.24. The Balaban J connectivity index is 1.21. The van der Waals surface area contributed by atoms with Gasteiger partial charge in [0.1, 0.15) is 6.10 Å². The minimum atomic E-state index is -0.182. The van der Waals surface area contributed by atoms with Crippen molar-refractivity contribution in [3.05, 3.63) is 29.8 Å². The number of hydrogen-bond acceptors (Lipinski definition) is 5. The molecule has 3 fully saturated rings. The molecule has 0 N–H and O–H groups in total. The van der Waals surface area contributed by atoms with Crippen molar-refractivity contribution >= 4 is 11.7 Å². The van der Waals surface area contributed by atoms with Gasteiger partial charge in [-0.1, -0.05) is 24.6 Å². The molecule has 5 heteroatoms. The quantitative estimate of drug-likeness (QED) is 0.686. The van der Waals surface area contributed by atoms with Crippen LogP contribution in [0.1, 0.15) is 44.6 Å². The first kappa shape index (κ1) is 20.7. The molecule has 0 aliphatic carbocycles. The van der Waals surface area contributed by atoms with Crippen LogP contribution in [0.2, 0.25) is 0 Å². The Morgan fingerprint density at radius 2 is 1.62 bits per heavy atom. The average Bonchev–Trinajstić information content (AvgIpc) is 3.04. The Hall–Kier alpha value is -1.59. The zero-order valence-corrected chi connectivity index (χ0v) is 18.2. The molecule has 0 bridgehead atoms. The van der Waals surface area contributed by atoms with Crippen LogP contribution in [0.5, 0.6) is 0 Å². The van der Waals surface area contributed by atoms with E-state index in [4.69, 9.17) is 4.74 Å². The van der Waals surface area contributed by atoms with Crippen molar-refractivity contribution in [3.8, 4) is 0 Å². The first-order chi connectivity index (χ1) is 14.1. The third-order valence-corrected chi connectivity index (χ3v) is 7.22. The van der Waals surface area contributed by atoms with E-state index in [2.05, 4.69) is 52.8 Å². The van der Waals surface area contributed by atoms with Crippen LogP contribution in [0.4, 0.5) is 5.69 Å². The number of cyclic esters (lactones) is 1. The number of likely N-dealkylation sites (tertiary alicyclic amines) is 1. The number of piperazine rings is 1. The lowest BCUT2D eigenvalue weighted by Crippen LogP contribution is -2.47. The van der Waals surface area contributed by atoms with Gasteiger partial charge in [0.15, 0.2) is 0 Å². The minimum Gasteiger partial charge on any atom is -0.462 e. The summed E-state index contributed by atoms with van der Waals surface area (Å²) in [6, 6.07) is 8.85. The van der Waals surface area contributed by atoms with E-state index in [0.717, 1.165) is 78.0 Å². The molecule has 0 radical (unpaired) electrons. The molecule has 1 aromatic rings. The van der Waals surface area contributed by atoms with Crippen LogP contribution in [-0.2, 0) is 9.53 Å². The van der Waals surface area contributed by atoms with Gasteiger partial charge >= 0.3 is 5.97 Å². The molecule has 4 rings (SSSR count). The highest BCUT2D eigenvalue weighted by Crippen LogP contribution is 2.43. The zero-order valence-electron chi connectivity index (χ0n) is 18.2. The Morgan fingerprint density at radius 3 is 2.28 bits per heavy atom. The second kappa shape index (κ2) is 9.05. The molecule has 1 unspecified atom stereocenters. The number of nitrogens with zero attached hydrogens (tertiary/aromatic N) is 3. The van der Waals surface area contributed by atoms with Crippen LogP contribution in [-0.4, -0.2) is 74.2 Å². The predicted molar refractivity (Wildman–Crippen MR) is 117 cm³/mol. The fraction of sp³-hybridized carbons (Fsp3) is 0.708. The third kappa shape index (κ3) is 4.77. The average molecular weight is 400 g/mol. The number of rotatable bonds is 6. The number of carbonyl (C=O) groups excluding carboxylic acids is 1. The summed E-state index contributed by atoms with van der Waals surface area (Å²) < 4.78 is 5.85. The van der Waals surface area contributed by atoms with Crippen LogP contribution in [0.3, 0.4) is 0 Å². The topological polar surface area (TPSA) is 36.0 Å². The van der Waals surface area contributed by atoms with Crippen molar-refractivity contribution in [2.45, 2.75) is 52.1 Å². The fourth-order valence-corrected chi connectivity index (χ4v) is 5.24. The third-order valence-electron chi connectivity index (χ3n) is 7.22. The molecular formula is C24H37N3O2. The molecule has 3 aliphatic heterocycles. The largest absolute Gasteiger partial charge is 0.462 e. The summed E-state index contributed by atoms with van der Waals surface area (Å²) in [6.07, 6.45) is 5.20. The van der Waals surface area contributed by atoms with Crippen LogP contribution < -0.4 is 4.90 Å². The van der Waals surface area contributed by atoms with Crippen molar-refractivity contribution in [2.75, 3.05) is 57.3 Å². The second-order valence-corrected chi connectivity index (χ2v) is 9.31. The smallest absolute Gasteiger partial charge is 0.312 e. The highest BCUT2D eigenvalue weighted by molar-refractivity contribution is 5.79. The molecule has 5 nitrogen and oxygen atoms in total. The molecule has 29 heavy (non-hydrogen) atoms. The molecule has 1 aromatic carbocycles. The van der Waals surface area contributed by atoms with Crippen molar-refractivity contribution in [1.82, 2.24) is 9.80 Å². The van der Waals surface area contributed by atoms with Crippen molar-refractivity contribution in [1.29, 1.82) is 0 Å². The van der Waals surface area contributed by atoms with Crippen molar-refractivity contribution < 1.29 is 9.53 Å². The summed E-state index contributed by atoms with van der Waals surface area (Å²) in [5, 5.41) is 0. The van der Waals surface area contributed by atoms with Crippen molar-refractivity contribution in [2.24, 2.45) is 5.41 Å². The number of carbonyl (C=O) groups is 1. The van der Waals surface area contributed by atoms with E-state index in [9.17, 15) is 4.79 Å². The minimum absolute atomic E-state index is 0.0860. The molecule has 160 valence electrons. The standard InChI is InChI=1S/C24H37N3O2/c1-3-11-25-13-9-24(10-14-25)19-22(29-23(24)28)8-12-26-15-17-27(18-16-26)21-6-4-20(2)5-7-21/h4-7,22H,3,8-19H2,1-2H3. The lowest BCUT2D eigenvalue weighted by atomic mass is 9.75. The van der Waals surface area contributed by atoms with E-state index >= 15 is 0 Å². The molecule has 3 aliphatic rings. The number of benzene rings is 1. The summed E-state index contributed by atoms with van der Waals surface area (Å²) in [6.45, 7) is 13.0. The first-order valence-electron chi connectivity index (χ1n) is 11.6. The van der Waals surface area contributed by atoms with E-state index in [1.54, 1.807) is 0 Å². The Bertz CT molecular complexity index is 674. The maximum Gasteiger partial charge on any atom is 0.312 e. The molecule has 1 atom stereocenters. The summed E-state index contributed by atoms with van der Waals surface area (Å²) in [7, 11) is 0. The van der Waals surface area contributed by atoms with Gasteiger partial charge in [0.05, 0.1) is 5.41 Å². The van der Waals surface area contributed by atoms with Crippen LogP contribution in [0, 0.1) is 12.3 Å². The van der Waals surface area contributed by atoms with Gasteiger partial charge in [-0.2, -0.15) is 0 Å². The normalized spacial score (nSPS) is 25.5. The maximum atomic E-state index is 12.6. The zero-order chi connectivity index (χ0) is 20.3. The number of aryl methyl sites for hydroxylation is 1.